The number of aryl methyl sites for hydroxylation is 1. The maximum absolute atomic E-state index is 11.0. The van der Waals surface area contributed by atoms with Crippen molar-refractivity contribution in [3.8, 4) is 5.75 Å². The molecule has 4 heteroatoms. The highest BCUT2D eigenvalue weighted by atomic mass is 16.3. The lowest BCUT2D eigenvalue weighted by molar-refractivity contribution is 0.382. The van der Waals surface area contributed by atoms with Crippen molar-refractivity contribution >= 4 is 0 Å². The third kappa shape index (κ3) is 2.09. The van der Waals surface area contributed by atoms with Gasteiger partial charge in [-0.1, -0.05) is 0 Å². The average Bonchev–Trinajstić information content (AvgIpc) is 2.05. The number of aromatic amines is 1. The molecule has 0 unspecified atom stereocenters. The van der Waals surface area contributed by atoms with E-state index in [1.807, 2.05) is 25.9 Å². The molecule has 0 atom stereocenters. The van der Waals surface area contributed by atoms with Crippen molar-refractivity contribution in [2.45, 2.75) is 13.5 Å². The number of rotatable bonds is 2. The molecule has 0 saturated carbocycles. The second kappa shape index (κ2) is 3.62. The van der Waals surface area contributed by atoms with Gasteiger partial charge in [0.25, 0.3) is 5.56 Å². The van der Waals surface area contributed by atoms with Crippen molar-refractivity contribution in [1.29, 1.82) is 0 Å². The summed E-state index contributed by atoms with van der Waals surface area (Å²) in [6, 6.07) is 0. The minimum Gasteiger partial charge on any atom is -0.503 e. The molecular weight excluding hydrogens is 168 g/mol. The van der Waals surface area contributed by atoms with Crippen LogP contribution in [0.4, 0.5) is 0 Å². The van der Waals surface area contributed by atoms with Crippen LogP contribution < -0.4 is 5.56 Å². The number of H-pyrrole nitrogens is 1. The number of aromatic nitrogens is 1. The Kier molecular flexibility index (Phi) is 2.72. The molecule has 0 bridgehead atoms. The van der Waals surface area contributed by atoms with Crippen LogP contribution in [0.3, 0.4) is 0 Å². The Morgan fingerprint density at radius 1 is 1.54 bits per heavy atom. The van der Waals surface area contributed by atoms with Crippen molar-refractivity contribution in [3.05, 3.63) is 27.7 Å². The maximum Gasteiger partial charge on any atom is 0.290 e. The third-order valence-electron chi connectivity index (χ3n) is 1.87. The molecule has 2 N–H and O–H groups in total. The summed E-state index contributed by atoms with van der Waals surface area (Å²) in [6.07, 6.45) is 1.61. The van der Waals surface area contributed by atoms with Crippen molar-refractivity contribution < 1.29 is 5.11 Å². The zero-order chi connectivity index (χ0) is 10.0. The summed E-state index contributed by atoms with van der Waals surface area (Å²) in [5.41, 5.74) is 1.15. The Morgan fingerprint density at radius 3 is 2.69 bits per heavy atom. The lowest BCUT2D eigenvalue weighted by Crippen LogP contribution is -2.16. The molecule has 0 spiro atoms. The van der Waals surface area contributed by atoms with Crippen molar-refractivity contribution in [2.75, 3.05) is 14.1 Å². The molecule has 0 fully saturated rings. The van der Waals surface area contributed by atoms with Crippen LogP contribution in [0.25, 0.3) is 0 Å². The summed E-state index contributed by atoms with van der Waals surface area (Å²) in [7, 11) is 3.78. The molecule has 0 aliphatic carbocycles. The molecule has 13 heavy (non-hydrogen) atoms. The summed E-state index contributed by atoms with van der Waals surface area (Å²) in [5, 5.41) is 9.46. The number of hydrogen-bond acceptors (Lipinski definition) is 3. The highest BCUT2D eigenvalue weighted by Crippen LogP contribution is 2.15. The first-order chi connectivity index (χ1) is 6.02. The molecule has 0 saturated heterocycles. The third-order valence-corrected chi connectivity index (χ3v) is 1.87. The van der Waals surface area contributed by atoms with Crippen LogP contribution in [-0.4, -0.2) is 29.1 Å². The topological polar surface area (TPSA) is 56.3 Å². The number of aromatic hydroxyl groups is 1. The fraction of sp³-hybridized carbons (Fsp3) is 0.444. The molecule has 4 nitrogen and oxygen atoms in total. The largest absolute Gasteiger partial charge is 0.503 e. The second-order valence-electron chi connectivity index (χ2n) is 3.37. The fourth-order valence-electron chi connectivity index (χ4n) is 1.17. The van der Waals surface area contributed by atoms with Crippen LogP contribution in [0, 0.1) is 6.92 Å². The number of pyridine rings is 1. The van der Waals surface area contributed by atoms with Crippen LogP contribution in [0.15, 0.2) is 11.0 Å². The van der Waals surface area contributed by atoms with E-state index in [0.717, 1.165) is 5.56 Å². The first-order valence-electron chi connectivity index (χ1n) is 4.07. The van der Waals surface area contributed by atoms with Crippen molar-refractivity contribution in [1.82, 2.24) is 9.88 Å². The molecule has 0 aliphatic rings. The van der Waals surface area contributed by atoms with Crippen LogP contribution in [0.1, 0.15) is 11.1 Å². The molecule has 72 valence electrons. The molecule has 0 aliphatic heterocycles. The highest BCUT2D eigenvalue weighted by molar-refractivity contribution is 5.34. The molecule has 0 amide bonds. The van der Waals surface area contributed by atoms with E-state index in [1.54, 1.807) is 6.20 Å². The predicted octanol–water partition coefficient (Wildman–Crippen LogP) is 0.451. The lowest BCUT2D eigenvalue weighted by Gasteiger charge is -2.12. The van der Waals surface area contributed by atoms with Gasteiger partial charge in [0.2, 0.25) is 0 Å². The van der Waals surface area contributed by atoms with E-state index < -0.39 is 5.56 Å². The monoisotopic (exact) mass is 182 g/mol. The van der Waals surface area contributed by atoms with E-state index >= 15 is 0 Å². The fourth-order valence-corrected chi connectivity index (χ4v) is 1.17. The van der Waals surface area contributed by atoms with Crippen LogP contribution >= 0.6 is 0 Å². The Labute approximate surface area is 76.8 Å². The van der Waals surface area contributed by atoms with Gasteiger partial charge in [-0.3, -0.25) is 4.79 Å². The van der Waals surface area contributed by atoms with E-state index in [9.17, 15) is 9.90 Å². The standard InChI is InChI=1S/C9H14N2O2/c1-6-4-10-9(13)8(12)7(6)5-11(2)3/h4,12H,5H2,1-3H3,(H,10,13). The number of nitrogens with zero attached hydrogens (tertiary/aromatic N) is 1. The summed E-state index contributed by atoms with van der Waals surface area (Å²) in [5.74, 6) is -0.172. The molecule has 1 rings (SSSR count). The molecule has 1 aromatic rings. The van der Waals surface area contributed by atoms with Crippen LogP contribution in [-0.2, 0) is 6.54 Å². The minimum absolute atomic E-state index is 0.172. The minimum atomic E-state index is -0.428. The van der Waals surface area contributed by atoms with Crippen molar-refractivity contribution in [2.24, 2.45) is 0 Å². The Balaban J connectivity index is 3.18. The molecular formula is C9H14N2O2. The first-order valence-corrected chi connectivity index (χ1v) is 4.07. The van der Waals surface area contributed by atoms with Gasteiger partial charge in [0, 0.05) is 18.3 Å². The highest BCUT2D eigenvalue weighted by Gasteiger charge is 2.08. The van der Waals surface area contributed by atoms with Gasteiger partial charge in [0.05, 0.1) is 0 Å². The average molecular weight is 182 g/mol. The molecule has 1 heterocycles. The van der Waals surface area contributed by atoms with Crippen LogP contribution in [0.2, 0.25) is 0 Å². The summed E-state index contributed by atoms with van der Waals surface area (Å²) in [6.45, 7) is 2.43. The van der Waals surface area contributed by atoms with Gasteiger partial charge in [0.15, 0.2) is 5.75 Å². The smallest absolute Gasteiger partial charge is 0.290 e. The number of hydrogen-bond donors (Lipinski definition) is 2. The molecule has 1 aromatic heterocycles. The van der Waals surface area contributed by atoms with Gasteiger partial charge in [-0.2, -0.15) is 0 Å². The maximum atomic E-state index is 11.0. The van der Waals surface area contributed by atoms with E-state index in [2.05, 4.69) is 4.98 Å². The second-order valence-corrected chi connectivity index (χ2v) is 3.37. The SMILES string of the molecule is Cc1c[nH]c(=O)c(O)c1CN(C)C. The van der Waals surface area contributed by atoms with E-state index in [0.29, 0.717) is 12.1 Å². The van der Waals surface area contributed by atoms with Gasteiger partial charge in [-0.15, -0.1) is 0 Å². The Bertz CT molecular complexity index is 355. The summed E-state index contributed by atoms with van der Waals surface area (Å²) in [4.78, 5) is 15.4. The lowest BCUT2D eigenvalue weighted by atomic mass is 10.1. The molecule has 0 aromatic carbocycles. The summed E-state index contributed by atoms with van der Waals surface area (Å²) < 4.78 is 0. The normalized spacial score (nSPS) is 10.8. The van der Waals surface area contributed by atoms with Gasteiger partial charge in [-0.25, -0.2) is 0 Å². The first kappa shape index (κ1) is 9.80. The van der Waals surface area contributed by atoms with Gasteiger partial charge in [-0.05, 0) is 26.6 Å². The Hall–Kier alpha value is -1.29. The quantitative estimate of drug-likeness (QED) is 0.698. The summed E-state index contributed by atoms with van der Waals surface area (Å²) >= 11 is 0. The predicted molar refractivity (Wildman–Crippen MR) is 50.9 cm³/mol. The Morgan fingerprint density at radius 2 is 2.15 bits per heavy atom. The zero-order valence-electron chi connectivity index (χ0n) is 8.09. The van der Waals surface area contributed by atoms with E-state index in [-0.39, 0.29) is 5.75 Å². The van der Waals surface area contributed by atoms with E-state index in [4.69, 9.17) is 0 Å². The van der Waals surface area contributed by atoms with Gasteiger partial charge in [0.1, 0.15) is 0 Å². The number of nitrogens with one attached hydrogen (secondary N) is 1. The van der Waals surface area contributed by atoms with Crippen molar-refractivity contribution in [3.63, 3.8) is 0 Å². The zero-order valence-corrected chi connectivity index (χ0v) is 8.09. The van der Waals surface area contributed by atoms with E-state index in [1.165, 1.54) is 0 Å². The van der Waals surface area contributed by atoms with Crippen LogP contribution in [0.5, 0.6) is 5.75 Å². The van der Waals surface area contributed by atoms with Gasteiger partial charge < -0.3 is 15.0 Å². The molecule has 0 radical (unpaired) electrons. The van der Waals surface area contributed by atoms with Gasteiger partial charge >= 0.3 is 0 Å².